The molecule has 0 aliphatic carbocycles. The molecule has 5 rings (SSSR count). The van der Waals surface area contributed by atoms with Crippen LogP contribution in [0.15, 0.2) is 54.7 Å². The maximum absolute atomic E-state index is 14.0. The molecule has 0 spiro atoms. The van der Waals surface area contributed by atoms with Crippen molar-refractivity contribution >= 4 is 10.0 Å². The fourth-order valence-electron chi connectivity index (χ4n) is 4.94. The van der Waals surface area contributed by atoms with Crippen molar-refractivity contribution in [3.8, 4) is 0 Å². The first-order chi connectivity index (χ1) is 18.1. The number of rotatable bonds is 7. The van der Waals surface area contributed by atoms with Crippen LogP contribution in [-0.2, 0) is 35.8 Å². The lowest BCUT2D eigenvalue weighted by molar-refractivity contribution is -0.137. The summed E-state index contributed by atoms with van der Waals surface area (Å²) in [7, 11) is -3.47. The van der Waals surface area contributed by atoms with Crippen LogP contribution in [0, 0.1) is 5.82 Å². The standard InChI is InChI=1S/C25H28F4N6O2S/c26-24-4-2-1-3-20(24)14-32-9-11-33(12-10-32)23-17-35(38(36,37)18-23)16-22-15-34(31-30-22)13-19-5-7-21(8-6-19)25(27,28)29/h1-8,15,23H,9-14,16-18H2. The van der Waals surface area contributed by atoms with Crippen LogP contribution in [0.1, 0.15) is 22.4 Å². The van der Waals surface area contributed by atoms with Gasteiger partial charge in [-0.2, -0.15) is 17.5 Å². The molecule has 0 saturated carbocycles. The summed E-state index contributed by atoms with van der Waals surface area (Å²) in [6, 6.07) is 11.4. The van der Waals surface area contributed by atoms with Gasteiger partial charge in [-0.25, -0.2) is 17.5 Å². The second kappa shape index (κ2) is 10.7. The highest BCUT2D eigenvalue weighted by molar-refractivity contribution is 7.89. The molecule has 2 aliphatic heterocycles. The summed E-state index contributed by atoms with van der Waals surface area (Å²) in [5.74, 6) is -0.191. The molecule has 204 valence electrons. The molecular weight excluding hydrogens is 524 g/mol. The van der Waals surface area contributed by atoms with E-state index in [2.05, 4.69) is 20.1 Å². The number of halogens is 4. The van der Waals surface area contributed by atoms with Crippen molar-refractivity contribution in [1.29, 1.82) is 0 Å². The van der Waals surface area contributed by atoms with Crippen molar-refractivity contribution in [1.82, 2.24) is 29.1 Å². The van der Waals surface area contributed by atoms with Crippen LogP contribution in [0.5, 0.6) is 0 Å². The molecule has 8 nitrogen and oxygen atoms in total. The van der Waals surface area contributed by atoms with Crippen LogP contribution >= 0.6 is 0 Å². The number of sulfonamides is 1. The van der Waals surface area contributed by atoms with Crippen LogP contribution in [0.2, 0.25) is 0 Å². The van der Waals surface area contributed by atoms with E-state index in [4.69, 9.17) is 0 Å². The lowest BCUT2D eigenvalue weighted by Gasteiger charge is -2.37. The Morgan fingerprint density at radius 1 is 0.921 bits per heavy atom. The molecule has 2 fully saturated rings. The Morgan fingerprint density at radius 3 is 2.32 bits per heavy atom. The maximum atomic E-state index is 14.0. The summed E-state index contributed by atoms with van der Waals surface area (Å²) in [4.78, 5) is 4.35. The SMILES string of the molecule is O=S1(=O)CC(N2CCN(Cc3ccccc3F)CC2)CN1Cc1cn(Cc2ccc(C(F)(F)F)cc2)nn1. The number of piperazine rings is 1. The first-order valence-electron chi connectivity index (χ1n) is 12.3. The zero-order valence-corrected chi connectivity index (χ0v) is 21.4. The highest BCUT2D eigenvalue weighted by Crippen LogP contribution is 2.29. The fraction of sp³-hybridized carbons (Fsp3) is 0.440. The van der Waals surface area contributed by atoms with E-state index in [9.17, 15) is 26.0 Å². The quantitative estimate of drug-likeness (QED) is 0.420. The average Bonchev–Trinajstić information content (AvgIpc) is 3.44. The highest BCUT2D eigenvalue weighted by Gasteiger charge is 2.40. The largest absolute Gasteiger partial charge is 0.416 e. The van der Waals surface area contributed by atoms with Gasteiger partial charge in [-0.05, 0) is 23.8 Å². The number of hydrogen-bond acceptors (Lipinski definition) is 6. The number of alkyl halides is 3. The predicted molar refractivity (Wildman–Crippen MR) is 132 cm³/mol. The molecule has 2 aromatic carbocycles. The van der Waals surface area contributed by atoms with Crippen molar-refractivity contribution in [2.75, 3.05) is 38.5 Å². The van der Waals surface area contributed by atoms with Crippen molar-refractivity contribution in [2.24, 2.45) is 0 Å². The third kappa shape index (κ3) is 6.22. The molecule has 1 unspecified atom stereocenters. The molecule has 3 heterocycles. The van der Waals surface area contributed by atoms with Crippen molar-refractivity contribution in [2.45, 2.75) is 31.9 Å². The molecule has 0 radical (unpaired) electrons. The number of nitrogens with zero attached hydrogens (tertiary/aromatic N) is 6. The molecular formula is C25H28F4N6O2S. The molecule has 0 amide bonds. The first-order valence-corrected chi connectivity index (χ1v) is 13.9. The Balaban J connectivity index is 1.14. The van der Waals surface area contributed by atoms with Crippen LogP contribution < -0.4 is 0 Å². The summed E-state index contributed by atoms with van der Waals surface area (Å²) in [5.41, 5.74) is 1.02. The van der Waals surface area contributed by atoms with Crippen molar-refractivity contribution in [3.05, 3.63) is 82.9 Å². The summed E-state index contributed by atoms with van der Waals surface area (Å²) in [5, 5.41) is 8.08. The van der Waals surface area contributed by atoms with Gasteiger partial charge in [0, 0.05) is 50.9 Å². The molecule has 1 aromatic heterocycles. The third-order valence-corrected chi connectivity index (χ3v) is 8.91. The molecule has 0 N–H and O–H groups in total. The van der Waals surface area contributed by atoms with Crippen LogP contribution in [-0.4, -0.2) is 82.0 Å². The smallest absolute Gasteiger partial charge is 0.296 e. The number of aromatic nitrogens is 3. The minimum absolute atomic E-state index is 0.0278. The van der Waals surface area contributed by atoms with E-state index in [1.807, 2.05) is 6.07 Å². The number of hydrogen-bond donors (Lipinski definition) is 0. The molecule has 2 saturated heterocycles. The molecule has 0 bridgehead atoms. The van der Waals surface area contributed by atoms with Gasteiger partial charge in [-0.3, -0.25) is 9.80 Å². The summed E-state index contributed by atoms with van der Waals surface area (Å²) >= 11 is 0. The van der Waals surface area contributed by atoms with Crippen LogP contribution in [0.3, 0.4) is 0 Å². The van der Waals surface area contributed by atoms with Crippen LogP contribution in [0.25, 0.3) is 0 Å². The number of benzene rings is 2. The monoisotopic (exact) mass is 552 g/mol. The molecule has 38 heavy (non-hydrogen) atoms. The van der Waals surface area contributed by atoms with E-state index in [0.29, 0.717) is 43.0 Å². The Hall–Kier alpha value is -2.87. The zero-order chi connectivity index (χ0) is 26.9. The molecule has 1 atom stereocenters. The lowest BCUT2D eigenvalue weighted by atomic mass is 10.1. The lowest BCUT2D eigenvalue weighted by Crippen LogP contribution is -2.51. The Morgan fingerprint density at radius 2 is 1.63 bits per heavy atom. The predicted octanol–water partition coefficient (Wildman–Crippen LogP) is 2.82. The zero-order valence-electron chi connectivity index (χ0n) is 20.6. The van der Waals surface area contributed by atoms with Gasteiger partial charge in [-0.1, -0.05) is 35.5 Å². The summed E-state index contributed by atoms with van der Waals surface area (Å²) < 4.78 is 80.9. The maximum Gasteiger partial charge on any atom is 0.416 e. The van der Waals surface area contributed by atoms with E-state index in [1.165, 1.54) is 27.2 Å². The van der Waals surface area contributed by atoms with Gasteiger partial charge in [-0.15, -0.1) is 5.10 Å². The summed E-state index contributed by atoms with van der Waals surface area (Å²) in [6.45, 7) is 4.03. The third-order valence-electron chi connectivity index (χ3n) is 7.04. The first kappa shape index (κ1) is 26.7. The average molecular weight is 553 g/mol. The van der Waals surface area contributed by atoms with Crippen LogP contribution in [0.4, 0.5) is 17.6 Å². The fourth-order valence-corrected chi connectivity index (χ4v) is 6.68. The molecule has 2 aliphatic rings. The van der Waals surface area contributed by atoms with Crippen molar-refractivity contribution in [3.63, 3.8) is 0 Å². The van der Waals surface area contributed by atoms with Gasteiger partial charge >= 0.3 is 6.18 Å². The van der Waals surface area contributed by atoms with Gasteiger partial charge in [0.05, 0.1) is 36.3 Å². The van der Waals surface area contributed by atoms with E-state index < -0.39 is 21.8 Å². The van der Waals surface area contributed by atoms with Gasteiger partial charge in [0.2, 0.25) is 10.0 Å². The van der Waals surface area contributed by atoms with E-state index >= 15 is 0 Å². The van der Waals surface area contributed by atoms with Gasteiger partial charge < -0.3 is 0 Å². The Labute approximate surface area is 218 Å². The van der Waals surface area contributed by atoms with E-state index in [-0.39, 0.29) is 30.7 Å². The molecule has 13 heteroatoms. The van der Waals surface area contributed by atoms with E-state index in [0.717, 1.165) is 25.2 Å². The topological polar surface area (TPSA) is 74.6 Å². The minimum atomic E-state index is -4.40. The Bertz CT molecular complexity index is 1350. The van der Waals surface area contributed by atoms with Gasteiger partial charge in [0.25, 0.3) is 0 Å². The highest BCUT2D eigenvalue weighted by atomic mass is 32.2. The minimum Gasteiger partial charge on any atom is -0.296 e. The second-order valence-corrected chi connectivity index (χ2v) is 11.7. The van der Waals surface area contributed by atoms with Gasteiger partial charge in [0.15, 0.2) is 0 Å². The van der Waals surface area contributed by atoms with E-state index in [1.54, 1.807) is 18.3 Å². The Kier molecular flexibility index (Phi) is 7.54. The molecule has 3 aromatic rings. The van der Waals surface area contributed by atoms with Gasteiger partial charge in [0.1, 0.15) is 5.82 Å². The second-order valence-electron chi connectivity index (χ2n) is 9.73. The summed E-state index contributed by atoms with van der Waals surface area (Å²) in [6.07, 6.45) is -2.78. The normalized spacial score (nSPS) is 21.2. The van der Waals surface area contributed by atoms with Crippen molar-refractivity contribution < 1.29 is 26.0 Å².